The first kappa shape index (κ1) is 12.6. The van der Waals surface area contributed by atoms with E-state index < -0.39 is 0 Å². The zero-order valence-electron chi connectivity index (χ0n) is 10.3. The van der Waals surface area contributed by atoms with Crippen LogP contribution in [0.1, 0.15) is 29.3 Å². The van der Waals surface area contributed by atoms with E-state index in [-0.39, 0.29) is 5.91 Å². The average molecular weight is 296 g/mol. The summed E-state index contributed by atoms with van der Waals surface area (Å²) >= 11 is 3.40. The summed E-state index contributed by atoms with van der Waals surface area (Å²) in [5, 5.41) is 0.830. The summed E-state index contributed by atoms with van der Waals surface area (Å²) in [6.07, 6.45) is 1.26. The number of benzene rings is 1. The molecule has 0 radical (unpaired) electrons. The van der Waals surface area contributed by atoms with Crippen molar-refractivity contribution in [3.05, 3.63) is 35.4 Å². The highest BCUT2D eigenvalue weighted by molar-refractivity contribution is 9.08. The van der Waals surface area contributed by atoms with Crippen molar-refractivity contribution < 1.29 is 4.79 Å². The minimum Gasteiger partial charge on any atom is -0.341 e. The highest BCUT2D eigenvalue weighted by atomic mass is 79.9. The molecule has 1 aromatic carbocycles. The second-order valence-electron chi connectivity index (χ2n) is 4.99. The molecule has 1 fully saturated rings. The molecule has 2 nitrogen and oxygen atoms in total. The van der Waals surface area contributed by atoms with Crippen LogP contribution < -0.4 is 0 Å². The van der Waals surface area contributed by atoms with Gasteiger partial charge in [0.2, 0.25) is 0 Å². The van der Waals surface area contributed by atoms with Gasteiger partial charge in [-0.05, 0) is 36.0 Å². The number of alkyl halides is 1. The van der Waals surface area contributed by atoms with Crippen molar-refractivity contribution in [3.8, 4) is 0 Å². The fourth-order valence-electron chi connectivity index (χ4n) is 2.04. The van der Waals surface area contributed by atoms with Gasteiger partial charge in [0.1, 0.15) is 0 Å². The third-order valence-electron chi connectivity index (χ3n) is 3.49. The summed E-state index contributed by atoms with van der Waals surface area (Å²) in [6.45, 7) is 3.13. The van der Waals surface area contributed by atoms with Gasteiger partial charge in [-0.15, -0.1) is 0 Å². The molecule has 0 spiro atoms. The Morgan fingerprint density at radius 3 is 2.47 bits per heavy atom. The lowest BCUT2D eigenvalue weighted by Crippen LogP contribution is -2.29. The van der Waals surface area contributed by atoms with E-state index in [9.17, 15) is 4.79 Å². The lowest BCUT2D eigenvalue weighted by Gasteiger charge is -2.17. The smallest absolute Gasteiger partial charge is 0.253 e. The van der Waals surface area contributed by atoms with Gasteiger partial charge in [0.15, 0.2) is 0 Å². The SMILES string of the molecule is CC1CC1CN(C)C(=O)c1ccc(CBr)cc1. The fraction of sp³-hybridized carbons (Fsp3) is 0.500. The molecule has 1 aliphatic carbocycles. The molecule has 0 bridgehead atoms. The van der Waals surface area contributed by atoms with E-state index in [4.69, 9.17) is 0 Å². The first-order chi connectivity index (χ1) is 8.11. The van der Waals surface area contributed by atoms with E-state index in [2.05, 4.69) is 22.9 Å². The molecular weight excluding hydrogens is 278 g/mol. The Hall–Kier alpha value is -0.830. The zero-order chi connectivity index (χ0) is 12.4. The number of amides is 1. The van der Waals surface area contributed by atoms with Crippen LogP contribution in [-0.2, 0) is 5.33 Å². The number of carbonyl (C=O) groups excluding carboxylic acids is 1. The monoisotopic (exact) mass is 295 g/mol. The van der Waals surface area contributed by atoms with Gasteiger partial charge in [0.05, 0.1) is 0 Å². The number of carbonyl (C=O) groups is 1. The molecule has 0 aromatic heterocycles. The Labute approximate surface area is 111 Å². The summed E-state index contributed by atoms with van der Waals surface area (Å²) < 4.78 is 0. The Balaban J connectivity index is 1.97. The van der Waals surface area contributed by atoms with Gasteiger partial charge in [-0.3, -0.25) is 4.79 Å². The molecule has 17 heavy (non-hydrogen) atoms. The predicted molar refractivity (Wildman–Crippen MR) is 73.3 cm³/mol. The molecule has 1 aromatic rings. The molecule has 2 atom stereocenters. The fourth-order valence-corrected chi connectivity index (χ4v) is 2.42. The zero-order valence-corrected chi connectivity index (χ0v) is 11.9. The maximum absolute atomic E-state index is 12.1. The summed E-state index contributed by atoms with van der Waals surface area (Å²) in [5.41, 5.74) is 1.98. The Bertz CT molecular complexity index is 401. The van der Waals surface area contributed by atoms with E-state index in [1.807, 2.05) is 36.2 Å². The lowest BCUT2D eigenvalue weighted by atomic mass is 10.1. The largest absolute Gasteiger partial charge is 0.341 e. The summed E-state index contributed by atoms with van der Waals surface area (Å²) in [7, 11) is 1.89. The molecule has 1 saturated carbocycles. The van der Waals surface area contributed by atoms with Gasteiger partial charge < -0.3 is 4.90 Å². The second kappa shape index (κ2) is 5.21. The third kappa shape index (κ3) is 3.09. The van der Waals surface area contributed by atoms with Crippen molar-refractivity contribution in [1.29, 1.82) is 0 Å². The van der Waals surface area contributed by atoms with Gasteiger partial charge in [0.25, 0.3) is 5.91 Å². The minimum atomic E-state index is 0.130. The number of hydrogen-bond donors (Lipinski definition) is 0. The van der Waals surface area contributed by atoms with Gasteiger partial charge in [-0.2, -0.15) is 0 Å². The minimum absolute atomic E-state index is 0.130. The van der Waals surface area contributed by atoms with Crippen molar-refractivity contribution in [2.45, 2.75) is 18.7 Å². The molecular formula is C14H18BrNO. The normalized spacial score (nSPS) is 22.3. The molecule has 92 valence electrons. The number of nitrogens with zero attached hydrogens (tertiary/aromatic N) is 1. The Morgan fingerprint density at radius 2 is 2.00 bits per heavy atom. The number of hydrogen-bond acceptors (Lipinski definition) is 1. The standard InChI is InChI=1S/C14H18BrNO/c1-10-7-13(10)9-16(2)14(17)12-5-3-11(8-15)4-6-12/h3-6,10,13H,7-9H2,1-2H3. The molecule has 0 heterocycles. The van der Waals surface area contributed by atoms with Crippen LogP contribution in [0.4, 0.5) is 0 Å². The van der Waals surface area contributed by atoms with Crippen LogP contribution in [-0.4, -0.2) is 24.4 Å². The molecule has 2 rings (SSSR count). The van der Waals surface area contributed by atoms with Crippen molar-refractivity contribution in [3.63, 3.8) is 0 Å². The quantitative estimate of drug-likeness (QED) is 0.781. The molecule has 0 N–H and O–H groups in total. The van der Waals surface area contributed by atoms with Crippen molar-refractivity contribution in [2.75, 3.05) is 13.6 Å². The van der Waals surface area contributed by atoms with Crippen LogP contribution in [0.5, 0.6) is 0 Å². The number of rotatable bonds is 4. The van der Waals surface area contributed by atoms with Crippen LogP contribution in [0.25, 0.3) is 0 Å². The van der Waals surface area contributed by atoms with Crippen molar-refractivity contribution in [1.82, 2.24) is 4.90 Å². The van der Waals surface area contributed by atoms with Crippen molar-refractivity contribution >= 4 is 21.8 Å². The van der Waals surface area contributed by atoms with Gasteiger partial charge in [-0.1, -0.05) is 35.0 Å². The molecule has 0 aliphatic heterocycles. The average Bonchev–Trinajstić information content (AvgIpc) is 3.04. The topological polar surface area (TPSA) is 20.3 Å². The summed E-state index contributed by atoms with van der Waals surface area (Å²) in [4.78, 5) is 14.0. The van der Waals surface area contributed by atoms with E-state index in [0.717, 1.165) is 23.4 Å². The molecule has 2 unspecified atom stereocenters. The maximum Gasteiger partial charge on any atom is 0.253 e. The Morgan fingerprint density at radius 1 is 1.41 bits per heavy atom. The summed E-state index contributed by atoms with van der Waals surface area (Å²) in [6, 6.07) is 7.81. The highest BCUT2D eigenvalue weighted by Gasteiger charge is 2.34. The molecule has 1 amide bonds. The van der Waals surface area contributed by atoms with Gasteiger partial charge in [-0.25, -0.2) is 0 Å². The van der Waals surface area contributed by atoms with E-state index >= 15 is 0 Å². The van der Waals surface area contributed by atoms with Gasteiger partial charge in [0, 0.05) is 24.5 Å². The lowest BCUT2D eigenvalue weighted by molar-refractivity contribution is 0.0787. The van der Waals surface area contributed by atoms with E-state index in [1.54, 1.807) is 0 Å². The van der Waals surface area contributed by atoms with Crippen LogP contribution in [0.15, 0.2) is 24.3 Å². The van der Waals surface area contributed by atoms with Crippen LogP contribution in [0.3, 0.4) is 0 Å². The molecule has 0 saturated heterocycles. The summed E-state index contributed by atoms with van der Waals surface area (Å²) in [5.74, 6) is 1.64. The first-order valence-corrected chi connectivity index (χ1v) is 7.14. The predicted octanol–water partition coefficient (Wildman–Crippen LogP) is 3.31. The van der Waals surface area contributed by atoms with E-state index in [0.29, 0.717) is 5.92 Å². The van der Waals surface area contributed by atoms with Crippen LogP contribution in [0, 0.1) is 11.8 Å². The Kier molecular flexibility index (Phi) is 3.87. The van der Waals surface area contributed by atoms with Crippen LogP contribution >= 0.6 is 15.9 Å². The van der Waals surface area contributed by atoms with Gasteiger partial charge >= 0.3 is 0 Å². The first-order valence-electron chi connectivity index (χ1n) is 6.02. The van der Waals surface area contributed by atoms with E-state index in [1.165, 1.54) is 12.0 Å². The van der Waals surface area contributed by atoms with Crippen LogP contribution in [0.2, 0.25) is 0 Å². The maximum atomic E-state index is 12.1. The molecule has 1 aliphatic rings. The highest BCUT2D eigenvalue weighted by Crippen LogP contribution is 2.38. The second-order valence-corrected chi connectivity index (χ2v) is 5.55. The number of halogens is 1. The third-order valence-corrected chi connectivity index (χ3v) is 4.13. The van der Waals surface area contributed by atoms with Crippen molar-refractivity contribution in [2.24, 2.45) is 11.8 Å². The molecule has 3 heteroatoms.